The number of hydrogen-bond acceptors (Lipinski definition) is 7. The summed E-state index contributed by atoms with van der Waals surface area (Å²) < 4.78 is 5.27. The van der Waals surface area contributed by atoms with E-state index in [1.165, 1.54) is 18.7 Å². The van der Waals surface area contributed by atoms with Crippen molar-refractivity contribution in [2.75, 3.05) is 13.7 Å². The van der Waals surface area contributed by atoms with Crippen LogP contribution in [0.4, 0.5) is 0 Å². The molecule has 4 N–H and O–H groups in total. The summed E-state index contributed by atoms with van der Waals surface area (Å²) in [5.41, 5.74) is -0.943. The van der Waals surface area contributed by atoms with Gasteiger partial charge in [0.15, 0.2) is 5.78 Å². The van der Waals surface area contributed by atoms with Crippen molar-refractivity contribution in [3.63, 3.8) is 0 Å². The Kier molecular flexibility index (Phi) is 13.0. The van der Waals surface area contributed by atoms with Crippen molar-refractivity contribution < 1.29 is 33.8 Å². The smallest absolute Gasteiger partial charge is 0.245 e. The number of hydrogen-bond donors (Lipinski definition) is 4. The van der Waals surface area contributed by atoms with E-state index in [-0.39, 0.29) is 36.1 Å². The first-order chi connectivity index (χ1) is 18.0. The molecule has 4 unspecified atom stereocenters. The fourth-order valence-corrected chi connectivity index (χ4v) is 4.41. The molecule has 39 heavy (non-hydrogen) atoms. The van der Waals surface area contributed by atoms with Gasteiger partial charge in [0.25, 0.3) is 0 Å². The van der Waals surface area contributed by atoms with Crippen molar-refractivity contribution in [1.82, 2.24) is 20.9 Å². The van der Waals surface area contributed by atoms with Crippen LogP contribution in [0, 0.1) is 17.8 Å². The molecule has 0 bridgehead atoms. The zero-order chi connectivity index (χ0) is 30.2. The van der Waals surface area contributed by atoms with Gasteiger partial charge in [-0.15, -0.1) is 0 Å². The highest BCUT2D eigenvalue weighted by molar-refractivity contribution is 5.99. The Morgan fingerprint density at radius 1 is 0.872 bits per heavy atom. The minimum Gasteiger partial charge on any atom is -0.391 e. The van der Waals surface area contributed by atoms with Gasteiger partial charge >= 0.3 is 0 Å². The summed E-state index contributed by atoms with van der Waals surface area (Å²) in [6, 6.07) is -4.00. The summed E-state index contributed by atoms with van der Waals surface area (Å²) in [5, 5.41) is 18.5. The van der Waals surface area contributed by atoms with Gasteiger partial charge in [-0.2, -0.15) is 0 Å². The summed E-state index contributed by atoms with van der Waals surface area (Å²) in [7, 11) is 1.55. The average Bonchev–Trinajstić information content (AvgIpc) is 3.61. The fourth-order valence-electron chi connectivity index (χ4n) is 4.41. The van der Waals surface area contributed by atoms with Crippen molar-refractivity contribution >= 4 is 29.4 Å². The van der Waals surface area contributed by atoms with Gasteiger partial charge in [-0.25, -0.2) is 0 Å². The largest absolute Gasteiger partial charge is 0.391 e. The lowest BCUT2D eigenvalue weighted by atomic mass is 9.92. The van der Waals surface area contributed by atoms with Crippen molar-refractivity contribution in [2.45, 2.75) is 117 Å². The maximum absolute atomic E-state index is 13.4. The van der Waals surface area contributed by atoms with Gasteiger partial charge in [0, 0.05) is 14.0 Å². The highest BCUT2D eigenvalue weighted by atomic mass is 16.6. The van der Waals surface area contributed by atoms with E-state index in [2.05, 4.69) is 16.0 Å². The molecule has 1 heterocycles. The first kappa shape index (κ1) is 34.5. The lowest BCUT2D eigenvalue weighted by Crippen LogP contribution is -2.62. The second-order valence-electron chi connectivity index (χ2n) is 11.6. The fraction of sp³-hybridized carbons (Fsp3) is 0.821. The number of ketones is 1. The zero-order valence-electron chi connectivity index (χ0n) is 25.3. The van der Waals surface area contributed by atoms with Gasteiger partial charge in [-0.05, 0) is 38.0 Å². The van der Waals surface area contributed by atoms with E-state index in [1.807, 2.05) is 34.6 Å². The van der Waals surface area contributed by atoms with Gasteiger partial charge in [-0.3, -0.25) is 24.0 Å². The van der Waals surface area contributed by atoms with E-state index in [0.717, 1.165) is 0 Å². The number of aliphatic hydroxyl groups excluding tert-OH is 1. The third-order valence-electron chi connectivity index (χ3n) is 7.66. The molecule has 0 aromatic carbocycles. The van der Waals surface area contributed by atoms with Gasteiger partial charge in [0.2, 0.25) is 23.6 Å². The summed E-state index contributed by atoms with van der Waals surface area (Å²) >= 11 is 0. The molecule has 0 saturated carbocycles. The third kappa shape index (κ3) is 9.56. The quantitative estimate of drug-likeness (QED) is 0.209. The number of likely N-dealkylation sites (N-methyl/N-ethyl adjacent to an activating group) is 1. The monoisotopic (exact) mass is 554 g/mol. The summed E-state index contributed by atoms with van der Waals surface area (Å²) in [5.74, 6) is -2.73. The highest BCUT2D eigenvalue weighted by Gasteiger charge is 2.50. The topological polar surface area (TPSA) is 157 Å². The van der Waals surface area contributed by atoms with Crippen LogP contribution >= 0.6 is 0 Å². The van der Waals surface area contributed by atoms with Crippen LogP contribution in [0.25, 0.3) is 0 Å². The lowest BCUT2D eigenvalue weighted by molar-refractivity contribution is -0.141. The second kappa shape index (κ2) is 14.7. The van der Waals surface area contributed by atoms with Crippen molar-refractivity contribution in [2.24, 2.45) is 17.8 Å². The van der Waals surface area contributed by atoms with Crippen molar-refractivity contribution in [3.05, 3.63) is 0 Å². The number of Topliss-reactive ketones (excluding diaryl/α,β-unsaturated/α-hetero) is 1. The Morgan fingerprint density at radius 2 is 1.36 bits per heavy atom. The molecule has 1 saturated heterocycles. The molecule has 0 aromatic heterocycles. The van der Waals surface area contributed by atoms with Crippen LogP contribution in [0.3, 0.4) is 0 Å². The van der Waals surface area contributed by atoms with Gasteiger partial charge in [0.05, 0.1) is 18.8 Å². The van der Waals surface area contributed by atoms with Crippen LogP contribution in [0.5, 0.6) is 0 Å². The molecule has 1 aliphatic rings. The number of amides is 4. The molecular formula is C28H50N4O7. The Morgan fingerprint density at radius 3 is 1.77 bits per heavy atom. The first-order valence-electron chi connectivity index (χ1n) is 14.0. The Hall–Kier alpha value is -2.53. The molecule has 11 nitrogen and oxygen atoms in total. The van der Waals surface area contributed by atoms with E-state index in [0.29, 0.717) is 19.3 Å². The van der Waals surface area contributed by atoms with Gasteiger partial charge in [-0.1, -0.05) is 54.4 Å². The number of carbonyl (C=O) groups excluding carboxylic acids is 5. The molecule has 11 heteroatoms. The number of epoxide rings is 1. The summed E-state index contributed by atoms with van der Waals surface area (Å²) in [6.07, 6.45) is 0.280. The number of nitrogens with zero attached hydrogens (tertiary/aromatic N) is 1. The lowest BCUT2D eigenvalue weighted by Gasteiger charge is -2.34. The minimum absolute atomic E-state index is 0.0952. The SMILES string of the molecule is CC[C@H](C)C(NC(=O)C([C@@H](C)CC)N(C)C(C)=O)C(=O)N[C@H](C(=O)NC(CC(C)C)C(=O)C1(C)CO1)[C@@H](C)O. The van der Waals surface area contributed by atoms with Gasteiger partial charge in [0.1, 0.15) is 23.7 Å². The van der Waals surface area contributed by atoms with Crippen LogP contribution in [-0.2, 0) is 28.7 Å². The average molecular weight is 555 g/mol. The molecule has 0 aromatic rings. The molecule has 0 spiro atoms. The van der Waals surface area contributed by atoms with E-state index >= 15 is 0 Å². The Bertz CT molecular complexity index is 887. The number of nitrogens with one attached hydrogen (secondary N) is 3. The van der Waals surface area contributed by atoms with Crippen LogP contribution < -0.4 is 16.0 Å². The summed E-state index contributed by atoms with van der Waals surface area (Å²) in [6.45, 7) is 16.0. The molecule has 1 aliphatic heterocycles. The molecule has 1 rings (SSSR count). The molecule has 4 amide bonds. The standard InChI is InChI=1S/C28H50N4O7/c1-11-16(5)21(30-27(38)23(17(6)12-2)32(10)19(8)34)25(36)31-22(18(7)33)26(37)29-20(13-15(3)4)24(35)28(9)14-39-28/h15-18,20-23,33H,11-14H2,1-10H3,(H,29,37)(H,30,38)(H,31,36)/t16-,17-,18+,20?,21?,22-,23?,28?/m0/s1. The zero-order valence-corrected chi connectivity index (χ0v) is 25.3. The minimum atomic E-state index is -1.36. The van der Waals surface area contributed by atoms with E-state index in [4.69, 9.17) is 4.74 Å². The number of aliphatic hydroxyl groups is 1. The molecule has 0 aliphatic carbocycles. The normalized spacial score (nSPS) is 21.9. The number of rotatable bonds is 16. The Labute approximate surface area is 233 Å². The van der Waals surface area contributed by atoms with Crippen molar-refractivity contribution in [3.8, 4) is 0 Å². The van der Waals surface area contributed by atoms with E-state index < -0.39 is 53.6 Å². The molecule has 224 valence electrons. The van der Waals surface area contributed by atoms with E-state index in [1.54, 1.807) is 20.9 Å². The van der Waals surface area contributed by atoms with Crippen LogP contribution in [0.2, 0.25) is 0 Å². The highest BCUT2D eigenvalue weighted by Crippen LogP contribution is 2.29. The predicted molar refractivity (Wildman–Crippen MR) is 147 cm³/mol. The summed E-state index contributed by atoms with van der Waals surface area (Å²) in [4.78, 5) is 66.4. The predicted octanol–water partition coefficient (Wildman–Crippen LogP) is 1.16. The molecular weight excluding hydrogens is 504 g/mol. The molecule has 8 atom stereocenters. The third-order valence-corrected chi connectivity index (χ3v) is 7.66. The second-order valence-corrected chi connectivity index (χ2v) is 11.6. The maximum Gasteiger partial charge on any atom is 0.245 e. The van der Waals surface area contributed by atoms with E-state index in [9.17, 15) is 29.1 Å². The number of carbonyl (C=O) groups is 5. The Balaban J connectivity index is 3.15. The van der Waals surface area contributed by atoms with Crippen LogP contribution in [0.15, 0.2) is 0 Å². The van der Waals surface area contributed by atoms with Crippen LogP contribution in [-0.4, -0.2) is 88.9 Å². The van der Waals surface area contributed by atoms with Crippen LogP contribution in [0.1, 0.15) is 81.6 Å². The number of ether oxygens (including phenoxy) is 1. The first-order valence-corrected chi connectivity index (χ1v) is 14.0. The van der Waals surface area contributed by atoms with Gasteiger partial charge < -0.3 is 30.7 Å². The maximum atomic E-state index is 13.4. The van der Waals surface area contributed by atoms with Crippen molar-refractivity contribution in [1.29, 1.82) is 0 Å². The molecule has 1 fully saturated rings. The molecule has 0 radical (unpaired) electrons.